The number of amides is 1. The van der Waals surface area contributed by atoms with Crippen LogP contribution >= 0.6 is 11.6 Å². The van der Waals surface area contributed by atoms with E-state index >= 15 is 0 Å². The number of benzene rings is 2. The second kappa shape index (κ2) is 7.72. The number of rotatable bonds is 4. The predicted molar refractivity (Wildman–Crippen MR) is 113 cm³/mol. The van der Waals surface area contributed by atoms with E-state index in [1.165, 1.54) is 24.3 Å². The SMILES string of the molecule is COc1ccc(Cl)c(/C(O)=C2/C(=O)C(=O)N(c3ccc(C)cc3)C2c2ccco2)c1. The average molecular weight is 424 g/mol. The maximum absolute atomic E-state index is 13.0. The van der Waals surface area contributed by atoms with Gasteiger partial charge in [0.15, 0.2) is 0 Å². The van der Waals surface area contributed by atoms with Crippen LogP contribution < -0.4 is 9.64 Å². The van der Waals surface area contributed by atoms with Crippen molar-refractivity contribution < 1.29 is 23.8 Å². The number of carbonyl (C=O) groups excluding carboxylic acids is 2. The maximum atomic E-state index is 13.0. The van der Waals surface area contributed by atoms with E-state index in [0.717, 1.165) is 5.56 Å². The lowest BCUT2D eigenvalue weighted by Gasteiger charge is -2.23. The molecule has 6 nitrogen and oxygen atoms in total. The Kier molecular flexibility index (Phi) is 5.10. The molecule has 3 aromatic rings. The molecule has 2 heterocycles. The van der Waals surface area contributed by atoms with Gasteiger partial charge in [0.25, 0.3) is 11.7 Å². The zero-order chi connectivity index (χ0) is 21.4. The Morgan fingerprint density at radius 3 is 2.50 bits per heavy atom. The van der Waals surface area contributed by atoms with Crippen LogP contribution in [0.15, 0.2) is 70.9 Å². The van der Waals surface area contributed by atoms with Gasteiger partial charge in [-0.25, -0.2) is 0 Å². The summed E-state index contributed by atoms with van der Waals surface area (Å²) in [5, 5.41) is 11.3. The number of hydrogen-bond donors (Lipinski definition) is 1. The van der Waals surface area contributed by atoms with Gasteiger partial charge in [0, 0.05) is 11.3 Å². The third-order valence-electron chi connectivity index (χ3n) is 5.00. The first kappa shape index (κ1) is 19.8. The first-order chi connectivity index (χ1) is 14.4. The van der Waals surface area contributed by atoms with Crippen LogP contribution in [0.2, 0.25) is 5.02 Å². The molecule has 2 aromatic carbocycles. The molecule has 0 bridgehead atoms. The van der Waals surface area contributed by atoms with Gasteiger partial charge in [-0.15, -0.1) is 0 Å². The molecule has 0 radical (unpaired) electrons. The van der Waals surface area contributed by atoms with E-state index in [0.29, 0.717) is 17.2 Å². The summed E-state index contributed by atoms with van der Waals surface area (Å²) in [6, 6.07) is 14.2. The highest BCUT2D eigenvalue weighted by atomic mass is 35.5. The van der Waals surface area contributed by atoms with E-state index in [9.17, 15) is 14.7 Å². The molecule has 1 unspecified atom stereocenters. The van der Waals surface area contributed by atoms with Crippen molar-refractivity contribution in [2.45, 2.75) is 13.0 Å². The van der Waals surface area contributed by atoms with Crippen molar-refractivity contribution in [3.05, 3.63) is 88.3 Å². The van der Waals surface area contributed by atoms with Crippen molar-refractivity contribution in [2.24, 2.45) is 0 Å². The molecule has 1 saturated heterocycles. The Balaban J connectivity index is 1.94. The number of ether oxygens (including phenoxy) is 1. The van der Waals surface area contributed by atoms with E-state index in [-0.39, 0.29) is 16.2 Å². The molecule has 152 valence electrons. The van der Waals surface area contributed by atoms with Crippen molar-refractivity contribution in [2.75, 3.05) is 12.0 Å². The number of aliphatic hydroxyl groups is 1. The van der Waals surface area contributed by atoms with Gasteiger partial charge in [0.1, 0.15) is 23.3 Å². The monoisotopic (exact) mass is 423 g/mol. The van der Waals surface area contributed by atoms with Crippen LogP contribution in [-0.4, -0.2) is 23.9 Å². The molecule has 1 fully saturated rings. The molecule has 1 N–H and O–H groups in total. The van der Waals surface area contributed by atoms with Crippen LogP contribution in [0.5, 0.6) is 5.75 Å². The standard InChI is InChI=1S/C23H18ClNO5/c1-13-5-7-14(8-6-13)25-20(18-4-3-11-30-18)19(22(27)23(25)28)21(26)16-12-15(29-2)9-10-17(16)24/h3-12,20,26H,1-2H3/b21-19-. The predicted octanol–water partition coefficient (Wildman–Crippen LogP) is 4.88. The lowest BCUT2D eigenvalue weighted by atomic mass is 9.99. The lowest BCUT2D eigenvalue weighted by molar-refractivity contribution is -0.132. The summed E-state index contributed by atoms with van der Waals surface area (Å²) in [5.74, 6) is -1.19. The molecule has 1 atom stereocenters. The largest absolute Gasteiger partial charge is 0.507 e. The molecule has 1 aromatic heterocycles. The molecule has 30 heavy (non-hydrogen) atoms. The van der Waals surface area contributed by atoms with Crippen LogP contribution in [0.3, 0.4) is 0 Å². The Morgan fingerprint density at radius 2 is 1.87 bits per heavy atom. The molecule has 4 rings (SSSR count). The highest BCUT2D eigenvalue weighted by Gasteiger charge is 2.48. The third kappa shape index (κ3) is 3.25. The fourth-order valence-corrected chi connectivity index (χ4v) is 3.69. The zero-order valence-corrected chi connectivity index (χ0v) is 17.0. The summed E-state index contributed by atoms with van der Waals surface area (Å²) in [5.41, 5.74) is 1.60. The van der Waals surface area contributed by atoms with E-state index in [2.05, 4.69) is 0 Å². The molecule has 1 amide bonds. The van der Waals surface area contributed by atoms with Crippen LogP contribution in [0.4, 0.5) is 5.69 Å². The number of aliphatic hydroxyl groups excluding tert-OH is 1. The minimum atomic E-state index is -0.940. The summed E-state index contributed by atoms with van der Waals surface area (Å²) in [4.78, 5) is 27.3. The van der Waals surface area contributed by atoms with E-state index in [1.54, 1.807) is 36.4 Å². The number of hydrogen-bond acceptors (Lipinski definition) is 5. The number of nitrogens with zero attached hydrogens (tertiary/aromatic N) is 1. The molecule has 0 saturated carbocycles. The average Bonchev–Trinajstić information content (AvgIpc) is 3.36. The van der Waals surface area contributed by atoms with Gasteiger partial charge < -0.3 is 14.3 Å². The topological polar surface area (TPSA) is 80.0 Å². The van der Waals surface area contributed by atoms with Crippen molar-refractivity contribution in [3.63, 3.8) is 0 Å². The summed E-state index contributed by atoms with van der Waals surface area (Å²) in [7, 11) is 1.48. The van der Waals surface area contributed by atoms with Gasteiger partial charge in [-0.05, 0) is 49.4 Å². The van der Waals surface area contributed by atoms with Crippen molar-refractivity contribution in [3.8, 4) is 5.75 Å². The van der Waals surface area contributed by atoms with Crippen LogP contribution in [0, 0.1) is 6.92 Å². The maximum Gasteiger partial charge on any atom is 0.300 e. The Morgan fingerprint density at radius 1 is 1.13 bits per heavy atom. The van der Waals surface area contributed by atoms with Crippen LogP contribution in [0.1, 0.15) is 22.9 Å². The molecule has 0 aliphatic carbocycles. The molecule has 1 aliphatic heterocycles. The smallest absolute Gasteiger partial charge is 0.300 e. The third-order valence-corrected chi connectivity index (χ3v) is 5.33. The molecule has 1 aliphatic rings. The van der Waals surface area contributed by atoms with Crippen molar-refractivity contribution >= 4 is 34.7 Å². The molecule has 7 heteroatoms. The second-order valence-electron chi connectivity index (χ2n) is 6.87. The Labute approximate surface area is 177 Å². The Bertz CT molecular complexity index is 1150. The van der Waals surface area contributed by atoms with E-state index < -0.39 is 23.5 Å². The van der Waals surface area contributed by atoms with Gasteiger partial charge in [0.2, 0.25) is 0 Å². The number of halogens is 1. The zero-order valence-electron chi connectivity index (χ0n) is 16.3. The van der Waals surface area contributed by atoms with Crippen molar-refractivity contribution in [1.82, 2.24) is 0 Å². The quantitative estimate of drug-likeness (QED) is 0.367. The summed E-state index contributed by atoms with van der Waals surface area (Å²) in [6.07, 6.45) is 1.45. The summed E-state index contributed by atoms with van der Waals surface area (Å²) >= 11 is 6.27. The van der Waals surface area contributed by atoms with Gasteiger partial charge in [-0.2, -0.15) is 0 Å². The second-order valence-corrected chi connectivity index (χ2v) is 7.27. The van der Waals surface area contributed by atoms with E-state index in [4.69, 9.17) is 20.8 Å². The number of furan rings is 1. The number of anilines is 1. The van der Waals surface area contributed by atoms with E-state index in [1.807, 2.05) is 19.1 Å². The number of carbonyl (C=O) groups is 2. The minimum Gasteiger partial charge on any atom is -0.507 e. The Hall–Kier alpha value is -3.51. The van der Waals surface area contributed by atoms with Gasteiger partial charge in [-0.1, -0.05) is 29.3 Å². The molecular formula is C23H18ClNO5. The highest BCUT2D eigenvalue weighted by Crippen LogP contribution is 2.43. The van der Waals surface area contributed by atoms with Crippen LogP contribution in [0.25, 0.3) is 5.76 Å². The summed E-state index contributed by atoms with van der Waals surface area (Å²) < 4.78 is 10.7. The van der Waals surface area contributed by atoms with Crippen molar-refractivity contribution in [1.29, 1.82) is 0 Å². The first-order valence-electron chi connectivity index (χ1n) is 9.17. The number of Topliss-reactive ketones (excluding diaryl/α,β-unsaturated/α-hetero) is 1. The van der Waals surface area contributed by atoms with Gasteiger partial charge >= 0.3 is 0 Å². The lowest BCUT2D eigenvalue weighted by Crippen LogP contribution is -2.29. The highest BCUT2D eigenvalue weighted by molar-refractivity contribution is 6.51. The van der Waals surface area contributed by atoms with Gasteiger partial charge in [-0.3, -0.25) is 14.5 Å². The number of ketones is 1. The summed E-state index contributed by atoms with van der Waals surface area (Å²) in [6.45, 7) is 1.92. The normalized spacial score (nSPS) is 18.1. The number of aryl methyl sites for hydroxylation is 1. The number of methoxy groups -OCH3 is 1. The fourth-order valence-electron chi connectivity index (χ4n) is 3.48. The first-order valence-corrected chi connectivity index (χ1v) is 9.55. The molecular weight excluding hydrogens is 406 g/mol. The van der Waals surface area contributed by atoms with Crippen LogP contribution in [-0.2, 0) is 9.59 Å². The molecule has 0 spiro atoms. The minimum absolute atomic E-state index is 0.106. The van der Waals surface area contributed by atoms with Gasteiger partial charge in [0.05, 0.1) is 24.0 Å². The fraction of sp³-hybridized carbons (Fsp3) is 0.130.